The van der Waals surface area contributed by atoms with Gasteiger partial charge in [0.15, 0.2) is 0 Å². The van der Waals surface area contributed by atoms with Gasteiger partial charge in [-0.3, -0.25) is 10.1 Å². The molecule has 5 heteroatoms. The number of hydrogen-bond acceptors (Lipinski definition) is 4. The van der Waals surface area contributed by atoms with E-state index in [1.54, 1.807) is 19.1 Å². The molecule has 19 heavy (non-hydrogen) atoms. The summed E-state index contributed by atoms with van der Waals surface area (Å²) in [5.41, 5.74) is 3.39. The summed E-state index contributed by atoms with van der Waals surface area (Å²) >= 11 is 0. The lowest BCUT2D eigenvalue weighted by Crippen LogP contribution is -2.12. The Balaban J connectivity index is 2.13. The van der Waals surface area contributed by atoms with Gasteiger partial charge in [-0.1, -0.05) is 5.16 Å². The van der Waals surface area contributed by atoms with Crippen molar-refractivity contribution in [3.63, 3.8) is 0 Å². The number of carbonyl (C=O) groups excluding carboxylic acids is 1. The number of nitrogens with zero attached hydrogens (tertiary/aromatic N) is 1. The summed E-state index contributed by atoms with van der Waals surface area (Å²) in [6.07, 6.45) is 0. The highest BCUT2D eigenvalue weighted by molar-refractivity contribution is 6.03. The third-order valence-electron chi connectivity index (χ3n) is 2.72. The fourth-order valence-corrected chi connectivity index (χ4v) is 1.80. The first-order valence-electron chi connectivity index (χ1n) is 6.19. The molecule has 1 heterocycles. The van der Waals surface area contributed by atoms with Gasteiger partial charge < -0.3 is 9.84 Å². The lowest BCUT2D eigenvalue weighted by atomic mass is 10.1. The van der Waals surface area contributed by atoms with Gasteiger partial charge in [0.2, 0.25) is 5.88 Å². The molecular weight excluding hydrogens is 242 g/mol. The van der Waals surface area contributed by atoms with Crippen LogP contribution < -0.4 is 10.6 Å². The topological polar surface area (TPSA) is 67.2 Å². The van der Waals surface area contributed by atoms with E-state index in [-0.39, 0.29) is 5.91 Å². The molecule has 0 radical (unpaired) electrons. The molecule has 0 aliphatic carbocycles. The van der Waals surface area contributed by atoms with Gasteiger partial charge >= 0.3 is 0 Å². The maximum atomic E-state index is 12.0. The molecule has 0 unspecified atom stereocenters. The van der Waals surface area contributed by atoms with Gasteiger partial charge in [0.05, 0.1) is 5.69 Å². The second kappa shape index (κ2) is 5.56. The summed E-state index contributed by atoms with van der Waals surface area (Å²) in [6.45, 7) is 6.65. The van der Waals surface area contributed by atoms with E-state index < -0.39 is 0 Å². The average molecular weight is 259 g/mol. The minimum absolute atomic E-state index is 0.206. The number of anilines is 2. The van der Waals surface area contributed by atoms with E-state index in [1.807, 2.05) is 26.0 Å². The lowest BCUT2D eigenvalue weighted by molar-refractivity contribution is 0.102. The average Bonchev–Trinajstić information content (AvgIpc) is 2.77. The van der Waals surface area contributed by atoms with Crippen LogP contribution in [0.15, 0.2) is 28.8 Å². The molecule has 100 valence electrons. The van der Waals surface area contributed by atoms with Crippen LogP contribution in [-0.4, -0.2) is 17.6 Å². The van der Waals surface area contributed by atoms with E-state index in [4.69, 9.17) is 4.52 Å². The molecule has 0 saturated heterocycles. The van der Waals surface area contributed by atoms with Gasteiger partial charge in [0, 0.05) is 23.9 Å². The van der Waals surface area contributed by atoms with Crippen LogP contribution >= 0.6 is 0 Å². The van der Waals surface area contributed by atoms with Crippen LogP contribution in [0.4, 0.5) is 11.6 Å². The fourth-order valence-electron chi connectivity index (χ4n) is 1.80. The van der Waals surface area contributed by atoms with Gasteiger partial charge in [0.25, 0.3) is 5.91 Å². The van der Waals surface area contributed by atoms with Crippen molar-refractivity contribution in [2.75, 3.05) is 17.2 Å². The molecule has 0 bridgehead atoms. The highest BCUT2D eigenvalue weighted by Crippen LogP contribution is 2.17. The Morgan fingerprint density at radius 2 is 2.11 bits per heavy atom. The Kier molecular flexibility index (Phi) is 3.85. The van der Waals surface area contributed by atoms with Crippen molar-refractivity contribution in [2.24, 2.45) is 0 Å². The third-order valence-corrected chi connectivity index (χ3v) is 2.72. The van der Waals surface area contributed by atoms with Gasteiger partial charge in [-0.2, -0.15) is 0 Å². The molecule has 1 aromatic heterocycles. The minimum atomic E-state index is -0.206. The standard InChI is InChI=1S/C14H17N3O2/c1-4-15-12-6-5-11(7-9(12)2)14(18)16-13-8-10(3)17-19-13/h5-8,15H,4H2,1-3H3,(H,16,18). The lowest BCUT2D eigenvalue weighted by Gasteiger charge is -2.09. The highest BCUT2D eigenvalue weighted by atomic mass is 16.5. The Bertz CT molecular complexity index is 590. The molecule has 1 aromatic carbocycles. The monoisotopic (exact) mass is 259 g/mol. The quantitative estimate of drug-likeness (QED) is 0.885. The summed E-state index contributed by atoms with van der Waals surface area (Å²) in [7, 11) is 0. The van der Waals surface area contributed by atoms with Crippen LogP contribution in [0.1, 0.15) is 28.5 Å². The Hall–Kier alpha value is -2.30. The van der Waals surface area contributed by atoms with E-state index in [1.165, 1.54) is 0 Å². The van der Waals surface area contributed by atoms with Crippen molar-refractivity contribution in [1.82, 2.24) is 5.16 Å². The summed E-state index contributed by atoms with van der Waals surface area (Å²) < 4.78 is 4.95. The Morgan fingerprint density at radius 1 is 1.32 bits per heavy atom. The molecule has 0 saturated carbocycles. The van der Waals surface area contributed by atoms with E-state index in [9.17, 15) is 4.79 Å². The first-order chi connectivity index (χ1) is 9.10. The smallest absolute Gasteiger partial charge is 0.258 e. The number of hydrogen-bond donors (Lipinski definition) is 2. The summed E-state index contributed by atoms with van der Waals surface area (Å²) in [4.78, 5) is 12.0. The van der Waals surface area contributed by atoms with Gasteiger partial charge in [0.1, 0.15) is 0 Å². The van der Waals surface area contributed by atoms with Crippen LogP contribution in [0.5, 0.6) is 0 Å². The van der Waals surface area contributed by atoms with Crippen LogP contribution in [0.2, 0.25) is 0 Å². The van der Waals surface area contributed by atoms with Crippen molar-refractivity contribution in [3.05, 3.63) is 41.1 Å². The Labute approximate surface area is 112 Å². The maximum absolute atomic E-state index is 12.0. The second-order valence-corrected chi connectivity index (χ2v) is 4.35. The number of nitrogens with one attached hydrogen (secondary N) is 2. The summed E-state index contributed by atoms with van der Waals surface area (Å²) in [6, 6.07) is 7.21. The number of rotatable bonds is 4. The molecule has 2 rings (SSSR count). The molecule has 0 spiro atoms. The summed E-state index contributed by atoms with van der Waals surface area (Å²) in [5, 5.41) is 9.62. The van der Waals surface area contributed by atoms with Gasteiger partial charge in [-0.25, -0.2) is 0 Å². The molecule has 0 aliphatic rings. The molecular formula is C14H17N3O2. The molecule has 5 nitrogen and oxygen atoms in total. The maximum Gasteiger partial charge on any atom is 0.258 e. The Morgan fingerprint density at radius 3 is 2.68 bits per heavy atom. The van der Waals surface area contributed by atoms with E-state index >= 15 is 0 Å². The van der Waals surface area contributed by atoms with Gasteiger partial charge in [-0.15, -0.1) is 0 Å². The number of carbonyl (C=O) groups is 1. The van der Waals surface area contributed by atoms with Crippen molar-refractivity contribution in [1.29, 1.82) is 0 Å². The van der Waals surface area contributed by atoms with Crippen molar-refractivity contribution in [2.45, 2.75) is 20.8 Å². The number of aryl methyl sites for hydroxylation is 2. The van der Waals surface area contributed by atoms with Crippen molar-refractivity contribution >= 4 is 17.5 Å². The largest absolute Gasteiger partial charge is 0.385 e. The molecule has 0 atom stereocenters. The van der Waals surface area contributed by atoms with Crippen LogP contribution in [0.25, 0.3) is 0 Å². The fraction of sp³-hybridized carbons (Fsp3) is 0.286. The van der Waals surface area contributed by atoms with Crippen LogP contribution in [0.3, 0.4) is 0 Å². The normalized spacial score (nSPS) is 10.3. The van der Waals surface area contributed by atoms with E-state index in [2.05, 4.69) is 15.8 Å². The van der Waals surface area contributed by atoms with E-state index in [0.717, 1.165) is 23.5 Å². The molecule has 1 amide bonds. The summed E-state index contributed by atoms with van der Waals surface area (Å²) in [5.74, 6) is 0.151. The zero-order chi connectivity index (χ0) is 13.8. The molecule has 2 N–H and O–H groups in total. The predicted molar refractivity (Wildman–Crippen MR) is 74.5 cm³/mol. The van der Waals surface area contributed by atoms with Crippen LogP contribution in [-0.2, 0) is 0 Å². The zero-order valence-electron chi connectivity index (χ0n) is 11.3. The van der Waals surface area contributed by atoms with Gasteiger partial charge in [-0.05, 0) is 44.5 Å². The minimum Gasteiger partial charge on any atom is -0.385 e. The van der Waals surface area contributed by atoms with Crippen molar-refractivity contribution < 1.29 is 9.32 Å². The highest BCUT2D eigenvalue weighted by Gasteiger charge is 2.10. The zero-order valence-corrected chi connectivity index (χ0v) is 11.3. The predicted octanol–water partition coefficient (Wildman–Crippen LogP) is 2.98. The van der Waals surface area contributed by atoms with E-state index in [0.29, 0.717) is 11.4 Å². The first-order valence-corrected chi connectivity index (χ1v) is 6.19. The molecule has 2 aromatic rings. The number of benzene rings is 1. The SMILES string of the molecule is CCNc1ccc(C(=O)Nc2cc(C)no2)cc1C. The molecule has 0 fully saturated rings. The third kappa shape index (κ3) is 3.13. The second-order valence-electron chi connectivity index (χ2n) is 4.35. The number of aromatic nitrogens is 1. The number of amides is 1. The molecule has 0 aliphatic heterocycles. The van der Waals surface area contributed by atoms with Crippen LogP contribution in [0, 0.1) is 13.8 Å². The first kappa shape index (κ1) is 13.1. The van der Waals surface area contributed by atoms with Crippen molar-refractivity contribution in [3.8, 4) is 0 Å².